The van der Waals surface area contributed by atoms with Crippen molar-refractivity contribution < 1.29 is 42.9 Å². The Morgan fingerprint density at radius 1 is 0.333 bits per heavy atom. The lowest BCUT2D eigenvalue weighted by molar-refractivity contribution is -0.870. The van der Waals surface area contributed by atoms with Crippen molar-refractivity contribution in [3.63, 3.8) is 0 Å². The molecule has 9 heteroatoms. The number of aliphatic carboxylic acids is 1. The molecule has 0 saturated heterocycles. The molecule has 0 fully saturated rings. The lowest BCUT2D eigenvalue weighted by Crippen LogP contribution is -2.40. The molecule has 2 atom stereocenters. The number of hydrogen-bond acceptors (Lipinski definition) is 7. The largest absolute Gasteiger partial charge is 0.477 e. The monoisotopic (exact) mass is 1300 g/mol. The van der Waals surface area contributed by atoms with E-state index in [0.717, 1.165) is 96.3 Å². The first-order chi connectivity index (χ1) is 45.6. The van der Waals surface area contributed by atoms with Crippen molar-refractivity contribution in [1.29, 1.82) is 0 Å². The van der Waals surface area contributed by atoms with Gasteiger partial charge in [0.05, 0.1) is 34.4 Å². The van der Waals surface area contributed by atoms with Gasteiger partial charge in [0.25, 0.3) is 6.29 Å². The fourth-order valence-electron chi connectivity index (χ4n) is 11.1. The molecule has 9 nitrogen and oxygen atoms in total. The zero-order valence-corrected chi connectivity index (χ0v) is 61.4. The number of carbonyl (C=O) groups is 3. The number of quaternary nitrogens is 1. The predicted octanol–water partition coefficient (Wildman–Crippen LogP) is 24.9. The molecule has 0 aromatic rings. The maximum atomic E-state index is 13.0. The fraction of sp³-hybridized carbons (Fsp3) is 0.750. The Hall–Kier alpha value is -4.05. The minimum atomic E-state index is -1.52. The number of carboxylic acids is 1. The van der Waals surface area contributed by atoms with Crippen molar-refractivity contribution in [2.24, 2.45) is 0 Å². The third-order valence-corrected chi connectivity index (χ3v) is 17.0. The number of ether oxygens (including phenoxy) is 4. The van der Waals surface area contributed by atoms with E-state index in [2.05, 4.69) is 123 Å². The van der Waals surface area contributed by atoms with E-state index < -0.39 is 24.3 Å². The summed E-state index contributed by atoms with van der Waals surface area (Å²) in [4.78, 5) is 37.7. The van der Waals surface area contributed by atoms with E-state index in [4.69, 9.17) is 18.9 Å². The zero-order valence-electron chi connectivity index (χ0n) is 61.4. The van der Waals surface area contributed by atoms with Crippen LogP contribution in [0.2, 0.25) is 0 Å². The molecule has 2 unspecified atom stereocenters. The standard InChI is InChI=1S/C84H147NO8/c1-6-8-10-12-14-16-18-20-22-24-26-28-30-32-34-36-38-39-40-41-42-43-45-46-48-50-52-54-56-58-60-62-64-66-68-70-72-74-81(86)91-78-80(79-92-84(83(88)89)90-77-76-85(3,4)5)93-82(87)75-73-71-69-67-65-63-61-59-57-55-53-51-49-47-44-37-35-33-31-29-27-25-23-21-19-17-15-13-11-9-7-2/h9,11,15,17-18,20-21,23-24,26-27,29,33,35,44,47,51,53,80,84H,6-8,10,12-14,16,19,22,25,28,30-32,34,36-43,45-46,48-50,52,54-79H2,1-5H3/p+1/b11-9-,17-15-,20-18-,23-21-,26-24-,29-27-,35-33-,47-44-,53-51-. The van der Waals surface area contributed by atoms with Gasteiger partial charge in [-0.05, 0) is 103 Å². The Bertz CT molecular complexity index is 1900. The summed E-state index contributed by atoms with van der Waals surface area (Å²) in [7, 11) is 5.98. The Balaban J connectivity index is 4.04. The van der Waals surface area contributed by atoms with Gasteiger partial charge in [-0.15, -0.1) is 0 Å². The van der Waals surface area contributed by atoms with Gasteiger partial charge in [-0.2, -0.15) is 0 Å². The first-order valence-electron chi connectivity index (χ1n) is 39.1. The molecule has 0 aliphatic heterocycles. The van der Waals surface area contributed by atoms with Crippen LogP contribution in [0.4, 0.5) is 0 Å². The summed E-state index contributed by atoms with van der Waals surface area (Å²) in [6, 6.07) is 0. The summed E-state index contributed by atoms with van der Waals surface area (Å²) >= 11 is 0. The summed E-state index contributed by atoms with van der Waals surface area (Å²) in [5.41, 5.74) is 0. The SMILES string of the molecule is CC/C=C\C/C=C\C/C=C\C/C=C\C/C=C\C/C=C\C/C=C\CCCCCCCCCCCC(=O)OC(COC(=O)CCCCCCCCCCCCCCCCCCCCCCCCCCC/C=C\C/C=C\CCCCCCC)COC(OCC[N+](C)(C)C)C(=O)O. The normalized spacial score (nSPS) is 13.3. The highest BCUT2D eigenvalue weighted by molar-refractivity contribution is 5.71. The quantitative estimate of drug-likeness (QED) is 0.0211. The van der Waals surface area contributed by atoms with Crippen molar-refractivity contribution in [2.75, 3.05) is 47.5 Å². The van der Waals surface area contributed by atoms with E-state index in [1.54, 1.807) is 0 Å². The van der Waals surface area contributed by atoms with Crippen LogP contribution in [0.3, 0.4) is 0 Å². The van der Waals surface area contributed by atoms with Gasteiger partial charge in [0.2, 0.25) is 0 Å². The number of likely N-dealkylation sites (N-methyl/N-ethyl adjacent to an activating group) is 1. The lowest BCUT2D eigenvalue weighted by Gasteiger charge is -2.25. The molecule has 0 aliphatic rings. The van der Waals surface area contributed by atoms with Crippen LogP contribution in [0, 0.1) is 0 Å². The number of rotatable bonds is 72. The van der Waals surface area contributed by atoms with Gasteiger partial charge < -0.3 is 28.5 Å². The molecule has 93 heavy (non-hydrogen) atoms. The van der Waals surface area contributed by atoms with Crippen molar-refractivity contribution in [3.05, 3.63) is 109 Å². The van der Waals surface area contributed by atoms with Gasteiger partial charge in [-0.25, -0.2) is 4.79 Å². The van der Waals surface area contributed by atoms with Crippen LogP contribution in [0.25, 0.3) is 0 Å². The second-order valence-corrected chi connectivity index (χ2v) is 27.3. The van der Waals surface area contributed by atoms with E-state index in [-0.39, 0.29) is 32.2 Å². The molecule has 0 aromatic heterocycles. The molecule has 0 radical (unpaired) electrons. The molecule has 0 amide bonds. The second-order valence-electron chi connectivity index (χ2n) is 27.3. The minimum absolute atomic E-state index is 0.183. The van der Waals surface area contributed by atoms with Crippen LogP contribution in [0.15, 0.2) is 109 Å². The van der Waals surface area contributed by atoms with Crippen molar-refractivity contribution in [1.82, 2.24) is 0 Å². The van der Waals surface area contributed by atoms with Crippen molar-refractivity contribution in [3.8, 4) is 0 Å². The first kappa shape index (κ1) is 89.0. The third kappa shape index (κ3) is 75.2. The molecule has 0 saturated carbocycles. The van der Waals surface area contributed by atoms with Gasteiger partial charge in [-0.3, -0.25) is 9.59 Å². The lowest BCUT2D eigenvalue weighted by atomic mass is 10.0. The Morgan fingerprint density at radius 2 is 0.613 bits per heavy atom. The highest BCUT2D eigenvalue weighted by Crippen LogP contribution is 2.18. The van der Waals surface area contributed by atoms with Crippen molar-refractivity contribution in [2.45, 2.75) is 360 Å². The summed E-state index contributed by atoms with van der Waals surface area (Å²) in [5.74, 6) is -2.00. The van der Waals surface area contributed by atoms with Crippen LogP contribution in [-0.4, -0.2) is 87.4 Å². The smallest absolute Gasteiger partial charge is 0.361 e. The molecule has 0 spiro atoms. The highest BCUT2D eigenvalue weighted by Gasteiger charge is 2.25. The zero-order chi connectivity index (χ0) is 67.5. The second kappa shape index (κ2) is 73.8. The van der Waals surface area contributed by atoms with Gasteiger partial charge in [0, 0.05) is 12.8 Å². The molecule has 0 rings (SSSR count). The molecule has 0 bridgehead atoms. The minimum Gasteiger partial charge on any atom is -0.477 e. The number of nitrogens with zero attached hydrogens (tertiary/aromatic N) is 1. The average Bonchev–Trinajstić information content (AvgIpc) is 3.38. The Morgan fingerprint density at radius 3 is 0.914 bits per heavy atom. The Labute approximate surface area is 575 Å². The summed E-state index contributed by atoms with van der Waals surface area (Å²) in [5, 5.41) is 9.77. The number of carboxylic acid groups (broad SMARTS) is 1. The summed E-state index contributed by atoms with van der Waals surface area (Å²) < 4.78 is 23.0. The van der Waals surface area contributed by atoms with Crippen LogP contribution in [0.1, 0.15) is 348 Å². The third-order valence-electron chi connectivity index (χ3n) is 17.0. The maximum absolute atomic E-state index is 13.0. The number of unbranched alkanes of at least 4 members (excludes halogenated alkanes) is 39. The fourth-order valence-corrected chi connectivity index (χ4v) is 11.1. The number of esters is 2. The van der Waals surface area contributed by atoms with Crippen LogP contribution >= 0.6 is 0 Å². The van der Waals surface area contributed by atoms with E-state index in [1.807, 2.05) is 21.1 Å². The van der Waals surface area contributed by atoms with Gasteiger partial charge in [-0.1, -0.05) is 342 Å². The summed E-state index contributed by atoms with van der Waals surface area (Å²) in [6.45, 7) is 4.78. The predicted molar refractivity (Wildman–Crippen MR) is 401 cm³/mol. The molecular formula is C84H148NO8+. The number of hydrogen-bond donors (Lipinski definition) is 1. The van der Waals surface area contributed by atoms with Crippen LogP contribution in [0.5, 0.6) is 0 Å². The molecule has 1 N–H and O–H groups in total. The highest BCUT2D eigenvalue weighted by atomic mass is 16.7. The van der Waals surface area contributed by atoms with E-state index >= 15 is 0 Å². The maximum Gasteiger partial charge on any atom is 0.361 e. The van der Waals surface area contributed by atoms with Gasteiger partial charge >= 0.3 is 17.9 Å². The van der Waals surface area contributed by atoms with Gasteiger partial charge in [0.15, 0.2) is 6.10 Å². The van der Waals surface area contributed by atoms with Crippen LogP contribution < -0.4 is 0 Å². The molecule has 0 aliphatic carbocycles. The van der Waals surface area contributed by atoms with Crippen LogP contribution in [-0.2, 0) is 33.3 Å². The van der Waals surface area contributed by atoms with E-state index in [9.17, 15) is 19.5 Å². The first-order valence-corrected chi connectivity index (χ1v) is 39.1. The molecule has 0 aromatic carbocycles. The number of allylic oxidation sites excluding steroid dienone is 18. The van der Waals surface area contributed by atoms with Crippen molar-refractivity contribution >= 4 is 17.9 Å². The summed E-state index contributed by atoms with van der Waals surface area (Å²) in [6.07, 6.45) is 101. The van der Waals surface area contributed by atoms with E-state index in [0.29, 0.717) is 23.9 Å². The molecule has 0 heterocycles. The van der Waals surface area contributed by atoms with Gasteiger partial charge in [0.1, 0.15) is 13.2 Å². The number of carbonyl (C=O) groups excluding carboxylic acids is 2. The topological polar surface area (TPSA) is 108 Å². The molecular weight excluding hydrogens is 1150 g/mol. The molecule has 536 valence electrons. The Kier molecular flexibility index (Phi) is 70.5. The van der Waals surface area contributed by atoms with E-state index in [1.165, 1.54) is 218 Å². The average molecular weight is 1300 g/mol.